The summed E-state index contributed by atoms with van der Waals surface area (Å²) in [5, 5.41) is 0. The van der Waals surface area contributed by atoms with E-state index in [-0.39, 0.29) is 18.1 Å². The van der Waals surface area contributed by atoms with Crippen LogP contribution in [0.2, 0.25) is 0 Å². The van der Waals surface area contributed by atoms with Crippen molar-refractivity contribution in [2.75, 3.05) is 13.7 Å². The molecule has 1 heterocycles. The van der Waals surface area contributed by atoms with E-state index < -0.39 is 0 Å². The Labute approximate surface area is 102 Å². The summed E-state index contributed by atoms with van der Waals surface area (Å²) in [6.07, 6.45) is 2.27. The van der Waals surface area contributed by atoms with E-state index in [0.29, 0.717) is 0 Å². The van der Waals surface area contributed by atoms with Crippen molar-refractivity contribution in [1.82, 2.24) is 4.90 Å². The maximum Gasteiger partial charge on any atom is 0.325 e. The van der Waals surface area contributed by atoms with Gasteiger partial charge >= 0.3 is 5.97 Å². The average molecular weight is 233 g/mol. The number of benzene rings is 1. The van der Waals surface area contributed by atoms with Crippen LogP contribution in [-0.4, -0.2) is 30.6 Å². The quantitative estimate of drug-likeness (QED) is 0.577. The van der Waals surface area contributed by atoms with Crippen LogP contribution in [0.1, 0.15) is 31.4 Å². The molecular weight excluding hydrogens is 214 g/mol. The first-order valence-corrected chi connectivity index (χ1v) is 6.18. The number of hydrogen-bond donors (Lipinski definition) is 0. The lowest BCUT2D eigenvalue weighted by atomic mass is 10.1. The second-order valence-electron chi connectivity index (χ2n) is 4.41. The highest BCUT2D eigenvalue weighted by molar-refractivity contribution is 5.80. The van der Waals surface area contributed by atoms with Gasteiger partial charge in [-0.25, -0.2) is 0 Å². The third-order valence-corrected chi connectivity index (χ3v) is 3.28. The first-order chi connectivity index (χ1) is 8.29. The summed E-state index contributed by atoms with van der Waals surface area (Å²) in [6.45, 7) is 3.13. The molecule has 1 aliphatic rings. The molecule has 0 amide bonds. The summed E-state index contributed by atoms with van der Waals surface area (Å²) in [5.74, 6) is -0.116. The molecule has 3 atom stereocenters. The van der Waals surface area contributed by atoms with Gasteiger partial charge in [-0.05, 0) is 18.5 Å². The number of carbonyl (C=O) groups is 1. The molecule has 3 heteroatoms. The van der Waals surface area contributed by atoms with Crippen molar-refractivity contribution in [3.05, 3.63) is 35.9 Å². The Kier molecular flexibility index (Phi) is 3.79. The Morgan fingerprint density at radius 2 is 2.06 bits per heavy atom. The van der Waals surface area contributed by atoms with Crippen molar-refractivity contribution in [1.29, 1.82) is 0 Å². The number of esters is 1. The predicted octanol–water partition coefficient (Wildman–Crippen LogP) is 2.39. The smallest absolute Gasteiger partial charge is 0.325 e. The molecule has 0 saturated carbocycles. The van der Waals surface area contributed by atoms with Crippen LogP contribution in [-0.2, 0) is 9.53 Å². The number of ether oxygens (including phenoxy) is 1. The van der Waals surface area contributed by atoms with Crippen molar-refractivity contribution in [3.63, 3.8) is 0 Å². The number of carbonyl (C=O) groups excluding carboxylic acids is 1. The van der Waals surface area contributed by atoms with E-state index in [1.165, 1.54) is 12.7 Å². The summed E-state index contributed by atoms with van der Waals surface area (Å²) >= 11 is 0. The van der Waals surface area contributed by atoms with Crippen LogP contribution in [0.15, 0.2) is 30.3 Å². The normalized spacial score (nSPS) is 26.6. The highest BCUT2D eigenvalue weighted by Crippen LogP contribution is 2.43. The summed E-state index contributed by atoms with van der Waals surface area (Å²) < 4.78 is 4.86. The Balaban J connectivity index is 2.08. The monoisotopic (exact) mass is 233 g/mol. The van der Waals surface area contributed by atoms with Gasteiger partial charge in [-0.15, -0.1) is 0 Å². The summed E-state index contributed by atoms with van der Waals surface area (Å²) in [7, 11) is 1.46. The number of rotatable bonds is 5. The van der Waals surface area contributed by atoms with E-state index in [9.17, 15) is 4.79 Å². The number of unbranched alkanes of at least 4 members (excludes halogenated alkanes) is 1. The molecule has 92 valence electrons. The molecule has 3 nitrogen and oxygen atoms in total. The van der Waals surface area contributed by atoms with Crippen LogP contribution < -0.4 is 0 Å². The highest BCUT2D eigenvalue weighted by Gasteiger charge is 2.53. The Morgan fingerprint density at radius 1 is 1.35 bits per heavy atom. The molecular formula is C14H19NO2. The number of methoxy groups -OCH3 is 1. The van der Waals surface area contributed by atoms with Gasteiger partial charge in [0.2, 0.25) is 0 Å². The average Bonchev–Trinajstić information content (AvgIpc) is 3.10. The maximum atomic E-state index is 11.7. The lowest BCUT2D eigenvalue weighted by Crippen LogP contribution is -2.15. The molecule has 17 heavy (non-hydrogen) atoms. The molecule has 0 radical (unpaired) electrons. The van der Waals surface area contributed by atoms with Crippen LogP contribution in [0.3, 0.4) is 0 Å². The topological polar surface area (TPSA) is 29.3 Å². The first-order valence-electron chi connectivity index (χ1n) is 6.18. The third kappa shape index (κ3) is 2.50. The number of hydrogen-bond acceptors (Lipinski definition) is 3. The highest BCUT2D eigenvalue weighted by atomic mass is 16.5. The fourth-order valence-corrected chi connectivity index (χ4v) is 2.30. The summed E-state index contributed by atoms with van der Waals surface area (Å²) in [6, 6.07) is 10.3. The van der Waals surface area contributed by atoms with Crippen molar-refractivity contribution in [3.8, 4) is 0 Å². The van der Waals surface area contributed by atoms with Gasteiger partial charge in [-0.1, -0.05) is 43.7 Å². The summed E-state index contributed by atoms with van der Waals surface area (Å²) in [4.78, 5) is 13.9. The Bertz CT molecular complexity index is 377. The number of nitrogens with zero attached hydrogens (tertiary/aromatic N) is 1. The van der Waals surface area contributed by atoms with Crippen molar-refractivity contribution in [2.24, 2.45) is 0 Å². The second kappa shape index (κ2) is 5.32. The SMILES string of the molecule is CCCCN1[C@H](c2ccccc2)[C@@H]1C(=O)OC. The van der Waals surface area contributed by atoms with Gasteiger partial charge in [0.05, 0.1) is 13.2 Å². The molecule has 0 bridgehead atoms. The van der Waals surface area contributed by atoms with Crippen LogP contribution in [0.5, 0.6) is 0 Å². The standard InChI is InChI=1S/C14H19NO2/c1-3-4-10-15-12(13(15)14(16)17-2)11-8-6-5-7-9-11/h5-9,12-13H,3-4,10H2,1-2H3/t12-,13-,15?/m1/s1. The molecule has 1 saturated heterocycles. The molecule has 1 aromatic carbocycles. The molecule has 1 aliphatic heterocycles. The minimum Gasteiger partial charge on any atom is -0.468 e. The maximum absolute atomic E-state index is 11.7. The van der Waals surface area contributed by atoms with Crippen LogP contribution in [0, 0.1) is 0 Å². The zero-order valence-corrected chi connectivity index (χ0v) is 10.4. The van der Waals surface area contributed by atoms with E-state index in [1.54, 1.807) is 0 Å². The molecule has 1 fully saturated rings. The third-order valence-electron chi connectivity index (χ3n) is 3.28. The van der Waals surface area contributed by atoms with Crippen molar-refractivity contribution < 1.29 is 9.53 Å². The fourth-order valence-electron chi connectivity index (χ4n) is 2.30. The molecule has 0 spiro atoms. The van der Waals surface area contributed by atoms with Gasteiger partial charge in [-0.3, -0.25) is 9.69 Å². The van der Waals surface area contributed by atoms with Crippen LogP contribution in [0.4, 0.5) is 0 Å². The molecule has 0 aromatic heterocycles. The van der Waals surface area contributed by atoms with E-state index in [2.05, 4.69) is 24.0 Å². The van der Waals surface area contributed by atoms with Gasteiger partial charge < -0.3 is 4.74 Å². The second-order valence-corrected chi connectivity index (χ2v) is 4.41. The van der Waals surface area contributed by atoms with Gasteiger partial charge in [0, 0.05) is 0 Å². The van der Waals surface area contributed by atoms with Gasteiger partial charge in [0.15, 0.2) is 0 Å². The van der Waals surface area contributed by atoms with E-state index in [0.717, 1.165) is 19.4 Å². The largest absolute Gasteiger partial charge is 0.468 e. The van der Waals surface area contributed by atoms with Crippen LogP contribution >= 0.6 is 0 Å². The zero-order chi connectivity index (χ0) is 12.3. The molecule has 1 aromatic rings. The summed E-state index contributed by atoms with van der Waals surface area (Å²) in [5.41, 5.74) is 1.21. The lowest BCUT2D eigenvalue weighted by molar-refractivity contribution is -0.140. The van der Waals surface area contributed by atoms with E-state index in [1.807, 2.05) is 18.2 Å². The lowest BCUT2D eigenvalue weighted by Gasteiger charge is -2.01. The molecule has 1 unspecified atom stereocenters. The van der Waals surface area contributed by atoms with Crippen molar-refractivity contribution >= 4 is 5.97 Å². The predicted molar refractivity (Wildman–Crippen MR) is 66.6 cm³/mol. The first kappa shape index (κ1) is 12.1. The van der Waals surface area contributed by atoms with Crippen LogP contribution in [0.25, 0.3) is 0 Å². The van der Waals surface area contributed by atoms with E-state index in [4.69, 9.17) is 4.74 Å². The minimum absolute atomic E-state index is 0.0750. The Morgan fingerprint density at radius 3 is 2.65 bits per heavy atom. The molecule has 0 N–H and O–H groups in total. The van der Waals surface area contributed by atoms with Gasteiger partial charge in [-0.2, -0.15) is 0 Å². The fraction of sp³-hybridized carbons (Fsp3) is 0.500. The zero-order valence-electron chi connectivity index (χ0n) is 10.4. The van der Waals surface area contributed by atoms with Crippen molar-refractivity contribution in [2.45, 2.75) is 31.8 Å². The Hall–Kier alpha value is -1.35. The minimum atomic E-state index is -0.116. The molecule has 2 rings (SSSR count). The van der Waals surface area contributed by atoms with Gasteiger partial charge in [0.1, 0.15) is 6.04 Å². The van der Waals surface area contributed by atoms with E-state index >= 15 is 0 Å². The molecule has 0 aliphatic carbocycles. The van der Waals surface area contributed by atoms with Gasteiger partial charge in [0.25, 0.3) is 0 Å².